The summed E-state index contributed by atoms with van der Waals surface area (Å²) in [6, 6.07) is 10.8. The Labute approximate surface area is 238 Å². The smallest absolute Gasteiger partial charge is 0.338 e. The minimum absolute atomic E-state index is 0.0486. The van der Waals surface area contributed by atoms with Gasteiger partial charge in [-0.15, -0.1) is 0 Å². The highest BCUT2D eigenvalue weighted by molar-refractivity contribution is 14.1. The highest BCUT2D eigenvalue weighted by atomic mass is 127. The van der Waals surface area contributed by atoms with Crippen LogP contribution < -0.4 is 30.3 Å². The Kier molecular flexibility index (Phi) is 10.5. The summed E-state index contributed by atoms with van der Waals surface area (Å²) in [5.41, 5.74) is 4.32. The van der Waals surface area contributed by atoms with Gasteiger partial charge in [0.15, 0.2) is 24.7 Å². The van der Waals surface area contributed by atoms with E-state index in [9.17, 15) is 14.4 Å². The zero-order valence-corrected chi connectivity index (χ0v) is 23.5. The molecule has 0 aromatic heterocycles. The van der Waals surface area contributed by atoms with E-state index >= 15 is 0 Å². The lowest BCUT2D eigenvalue weighted by molar-refractivity contribution is -0.139. The maximum Gasteiger partial charge on any atom is 0.338 e. The molecular weight excluding hydrogens is 621 g/mol. The van der Waals surface area contributed by atoms with E-state index in [0.717, 1.165) is 9.13 Å². The van der Waals surface area contributed by atoms with E-state index in [1.165, 1.54) is 13.3 Å². The summed E-state index contributed by atoms with van der Waals surface area (Å²) in [6.07, 6.45) is 1.47. The Bertz CT molecular complexity index is 1350. The molecule has 0 radical (unpaired) electrons. The second kappa shape index (κ2) is 14.0. The van der Waals surface area contributed by atoms with Crippen LogP contribution in [0.3, 0.4) is 0 Å². The topological polar surface area (TPSA) is 160 Å². The number of methoxy groups -OCH3 is 1. The summed E-state index contributed by atoms with van der Waals surface area (Å²) in [5, 5.41) is 17.9. The normalized spacial score (nSPS) is 14.6. The molecule has 204 valence electrons. The second-order valence-corrected chi connectivity index (χ2v) is 9.08. The van der Waals surface area contributed by atoms with Crippen LogP contribution in [-0.2, 0) is 14.3 Å². The molecule has 3 amide bonds. The average molecular weight is 647 g/mol. The van der Waals surface area contributed by atoms with E-state index in [1.54, 1.807) is 50.2 Å². The number of carbonyl (C=O) groups is 3. The van der Waals surface area contributed by atoms with Gasteiger partial charge in [-0.3, -0.25) is 4.79 Å². The molecule has 39 heavy (non-hydrogen) atoms. The molecule has 2 aromatic carbocycles. The molecule has 0 saturated carbocycles. The lowest BCUT2D eigenvalue weighted by atomic mass is 9.95. The summed E-state index contributed by atoms with van der Waals surface area (Å²) in [5.74, 6) is 0.0987. The van der Waals surface area contributed by atoms with E-state index in [0.29, 0.717) is 22.8 Å². The van der Waals surface area contributed by atoms with Crippen molar-refractivity contribution in [2.24, 2.45) is 5.10 Å². The Morgan fingerprint density at radius 1 is 1.18 bits per heavy atom. The molecule has 3 N–H and O–H groups in total. The first-order valence-corrected chi connectivity index (χ1v) is 12.7. The summed E-state index contributed by atoms with van der Waals surface area (Å²) < 4.78 is 22.3. The first-order valence-electron chi connectivity index (χ1n) is 11.6. The SMILES string of the molecule is CCOC(=O)C1=C(C)NC(=O)N[C@H]1c1ccc(OCC(=O)N/N=C\c2ccc(OCC#N)c(I)c2)c(OC)c1. The van der Waals surface area contributed by atoms with E-state index in [2.05, 4.69) is 43.8 Å². The number of urea groups is 1. The molecule has 0 saturated heterocycles. The molecular formula is C26H26IN5O7. The first kappa shape index (κ1) is 29.2. The first-order chi connectivity index (χ1) is 18.8. The van der Waals surface area contributed by atoms with Crippen LogP contribution in [0.5, 0.6) is 17.2 Å². The predicted molar refractivity (Wildman–Crippen MR) is 148 cm³/mol. The van der Waals surface area contributed by atoms with Crippen molar-refractivity contribution in [2.45, 2.75) is 19.9 Å². The molecule has 1 atom stereocenters. The molecule has 13 heteroatoms. The maximum absolute atomic E-state index is 12.5. The van der Waals surface area contributed by atoms with Crippen LogP contribution >= 0.6 is 22.6 Å². The van der Waals surface area contributed by atoms with Crippen molar-refractivity contribution in [3.05, 3.63) is 62.4 Å². The number of carbonyl (C=O) groups excluding carboxylic acids is 3. The van der Waals surface area contributed by atoms with E-state index in [1.807, 2.05) is 6.07 Å². The summed E-state index contributed by atoms with van der Waals surface area (Å²) in [7, 11) is 1.43. The van der Waals surface area contributed by atoms with Crippen molar-refractivity contribution in [1.29, 1.82) is 5.26 Å². The van der Waals surface area contributed by atoms with Gasteiger partial charge in [-0.25, -0.2) is 15.0 Å². The number of nitrogens with zero attached hydrogens (tertiary/aromatic N) is 2. The molecule has 1 aliphatic rings. The van der Waals surface area contributed by atoms with Gasteiger partial charge in [0.25, 0.3) is 5.91 Å². The third kappa shape index (κ3) is 7.84. The Hall–Kier alpha value is -4.32. The fourth-order valence-electron chi connectivity index (χ4n) is 3.59. The number of hydrogen-bond acceptors (Lipinski definition) is 9. The monoisotopic (exact) mass is 647 g/mol. The number of benzene rings is 2. The number of nitriles is 1. The van der Waals surface area contributed by atoms with Gasteiger partial charge >= 0.3 is 12.0 Å². The van der Waals surface area contributed by atoms with Gasteiger partial charge in [0, 0.05) is 5.70 Å². The predicted octanol–water partition coefficient (Wildman–Crippen LogP) is 2.92. The van der Waals surface area contributed by atoms with Gasteiger partial charge in [0.1, 0.15) is 11.8 Å². The zero-order valence-electron chi connectivity index (χ0n) is 21.4. The van der Waals surface area contributed by atoms with Crippen molar-refractivity contribution < 1.29 is 33.3 Å². The molecule has 0 spiro atoms. The fraction of sp³-hybridized carbons (Fsp3) is 0.269. The summed E-state index contributed by atoms with van der Waals surface area (Å²) >= 11 is 2.08. The third-order valence-corrected chi connectivity index (χ3v) is 6.14. The van der Waals surface area contributed by atoms with Crippen LogP contribution in [0.1, 0.15) is 31.0 Å². The highest BCUT2D eigenvalue weighted by Crippen LogP contribution is 2.34. The quantitative estimate of drug-likeness (QED) is 0.145. The zero-order chi connectivity index (χ0) is 28.4. The number of halogens is 1. The van der Waals surface area contributed by atoms with Crippen LogP contribution in [0.4, 0.5) is 4.79 Å². The van der Waals surface area contributed by atoms with Gasteiger partial charge in [-0.05, 0) is 77.9 Å². The number of nitrogens with one attached hydrogen (secondary N) is 3. The number of amides is 3. The van der Waals surface area contributed by atoms with Gasteiger partial charge < -0.3 is 29.6 Å². The Morgan fingerprint density at radius 2 is 1.95 bits per heavy atom. The standard InChI is InChI=1S/C26H26IN5O7/c1-4-37-25(34)23-15(2)30-26(35)31-24(23)17-6-8-20(21(12-17)36-3)39-14-22(33)32-29-13-16-5-7-19(18(27)11-16)38-10-9-28/h5-8,11-13,24H,4,10,14H2,1-3H3,(H,32,33)(H2,30,31,35)/b29-13-/t24-/m0/s1. The molecule has 3 rings (SSSR count). The maximum atomic E-state index is 12.5. The summed E-state index contributed by atoms with van der Waals surface area (Å²) in [6.45, 7) is 3.11. The molecule has 1 heterocycles. The van der Waals surface area contributed by atoms with Crippen molar-refractivity contribution in [3.63, 3.8) is 0 Å². The molecule has 0 aliphatic carbocycles. The summed E-state index contributed by atoms with van der Waals surface area (Å²) in [4.78, 5) is 36.9. The van der Waals surface area contributed by atoms with Crippen molar-refractivity contribution >= 4 is 46.7 Å². The largest absolute Gasteiger partial charge is 0.493 e. The van der Waals surface area contributed by atoms with Gasteiger partial charge in [0.05, 0.1) is 35.1 Å². The Balaban J connectivity index is 1.64. The molecule has 2 aromatic rings. The van der Waals surface area contributed by atoms with Crippen molar-refractivity contribution in [3.8, 4) is 23.3 Å². The molecule has 1 aliphatic heterocycles. The van der Waals surface area contributed by atoms with Crippen LogP contribution in [0, 0.1) is 14.9 Å². The minimum atomic E-state index is -0.770. The fourth-order valence-corrected chi connectivity index (χ4v) is 4.28. The molecule has 0 fully saturated rings. The van der Waals surface area contributed by atoms with E-state index in [-0.39, 0.29) is 31.1 Å². The second-order valence-electron chi connectivity index (χ2n) is 7.92. The van der Waals surface area contributed by atoms with E-state index in [4.69, 9.17) is 24.2 Å². The minimum Gasteiger partial charge on any atom is -0.493 e. The number of esters is 1. The molecule has 12 nitrogen and oxygen atoms in total. The van der Waals surface area contributed by atoms with Crippen LogP contribution in [0.25, 0.3) is 0 Å². The van der Waals surface area contributed by atoms with Crippen molar-refractivity contribution in [2.75, 3.05) is 26.9 Å². The number of allylic oxidation sites excluding steroid dienone is 1. The number of hydrogen-bond donors (Lipinski definition) is 3. The Morgan fingerprint density at radius 3 is 2.64 bits per heavy atom. The lowest BCUT2D eigenvalue weighted by Crippen LogP contribution is -2.45. The van der Waals surface area contributed by atoms with Gasteiger partial charge in [-0.2, -0.15) is 10.4 Å². The van der Waals surface area contributed by atoms with Crippen molar-refractivity contribution in [1.82, 2.24) is 16.1 Å². The van der Waals surface area contributed by atoms with Gasteiger partial charge in [0.2, 0.25) is 0 Å². The highest BCUT2D eigenvalue weighted by Gasteiger charge is 2.32. The van der Waals surface area contributed by atoms with Crippen LogP contribution in [0.2, 0.25) is 0 Å². The number of ether oxygens (including phenoxy) is 4. The van der Waals surface area contributed by atoms with E-state index < -0.39 is 23.9 Å². The third-order valence-electron chi connectivity index (χ3n) is 5.30. The number of hydrazone groups is 1. The van der Waals surface area contributed by atoms with Crippen LogP contribution in [-0.4, -0.2) is 51.1 Å². The number of rotatable bonds is 11. The molecule has 0 unspecified atom stereocenters. The average Bonchev–Trinajstić information content (AvgIpc) is 2.91. The van der Waals surface area contributed by atoms with Crippen LogP contribution in [0.15, 0.2) is 52.8 Å². The van der Waals surface area contributed by atoms with Gasteiger partial charge in [-0.1, -0.05) is 6.07 Å². The lowest BCUT2D eigenvalue weighted by Gasteiger charge is -2.28. The molecule has 0 bridgehead atoms.